The van der Waals surface area contributed by atoms with Crippen LogP contribution in [0.4, 0.5) is 26.3 Å². The van der Waals surface area contributed by atoms with Crippen molar-refractivity contribution in [1.29, 1.82) is 0 Å². The van der Waals surface area contributed by atoms with Crippen LogP contribution in [0.5, 0.6) is 0 Å². The molecular weight excluding hydrogens is 356 g/mol. The molecule has 0 heterocycles. The number of alkyl halides is 6. The van der Waals surface area contributed by atoms with Gasteiger partial charge in [-0.3, -0.25) is 5.14 Å². The van der Waals surface area contributed by atoms with Gasteiger partial charge in [0.25, 0.3) is 0 Å². The van der Waals surface area contributed by atoms with Gasteiger partial charge in [0.2, 0.25) is 0 Å². The van der Waals surface area contributed by atoms with Gasteiger partial charge in [-0.2, -0.15) is 26.3 Å². The summed E-state index contributed by atoms with van der Waals surface area (Å²) in [4.78, 5) is 0. The summed E-state index contributed by atoms with van der Waals surface area (Å²) in [5.41, 5.74) is -3.00. The fourth-order valence-corrected chi connectivity index (χ4v) is 2.49. The Kier molecular flexibility index (Phi) is 5.93. The third-order valence-electron chi connectivity index (χ3n) is 3.58. The molecular formula is C15H17F6NOS. The van der Waals surface area contributed by atoms with E-state index in [2.05, 4.69) is 6.58 Å². The predicted octanol–water partition coefficient (Wildman–Crippen LogP) is 4.78. The number of hydrogen-bond acceptors (Lipinski definition) is 1. The van der Waals surface area contributed by atoms with E-state index in [1.807, 2.05) is 0 Å². The molecule has 0 radical (unpaired) electrons. The number of rotatable bonds is 5. The van der Waals surface area contributed by atoms with Crippen LogP contribution in [0.2, 0.25) is 0 Å². The standard InChI is InChI=1S/C15H17F6NOS/c1-4-9(8-13(2,3)24(22)23)10-5-11(14(16,17)18)7-12(6-10)15(19,20)21/h4-7,9H,1,8,22H2,2-3H3/t9-,24?/m1/s1. The summed E-state index contributed by atoms with van der Waals surface area (Å²) in [6.07, 6.45) is -8.63. The second-order valence-corrected chi connectivity index (χ2v) is 7.64. The van der Waals surface area contributed by atoms with Crippen LogP contribution >= 0.6 is 0 Å². The molecule has 24 heavy (non-hydrogen) atoms. The molecule has 0 bridgehead atoms. The quantitative estimate of drug-likeness (QED) is 0.586. The fraction of sp³-hybridized carbons (Fsp3) is 0.467. The molecule has 0 aliphatic carbocycles. The Bertz CT molecular complexity index is 604. The summed E-state index contributed by atoms with van der Waals surface area (Å²) in [6, 6.07) is 1.37. The molecule has 0 saturated carbocycles. The van der Waals surface area contributed by atoms with Crippen LogP contribution in [0.1, 0.15) is 42.9 Å². The minimum Gasteiger partial charge on any atom is -0.251 e. The summed E-state index contributed by atoms with van der Waals surface area (Å²) < 4.78 is 87.9. The van der Waals surface area contributed by atoms with E-state index in [-0.39, 0.29) is 18.1 Å². The molecule has 1 aromatic rings. The van der Waals surface area contributed by atoms with Crippen molar-refractivity contribution >= 4 is 11.0 Å². The lowest BCUT2D eigenvalue weighted by Crippen LogP contribution is -2.33. The van der Waals surface area contributed by atoms with E-state index in [1.165, 1.54) is 19.9 Å². The van der Waals surface area contributed by atoms with E-state index in [0.717, 1.165) is 0 Å². The van der Waals surface area contributed by atoms with Crippen molar-refractivity contribution in [2.75, 3.05) is 0 Å². The van der Waals surface area contributed by atoms with Crippen LogP contribution < -0.4 is 5.14 Å². The zero-order chi connectivity index (χ0) is 18.9. The van der Waals surface area contributed by atoms with Crippen LogP contribution in [0.25, 0.3) is 0 Å². The second-order valence-electron chi connectivity index (χ2n) is 5.94. The molecule has 0 spiro atoms. The van der Waals surface area contributed by atoms with Crippen molar-refractivity contribution < 1.29 is 30.6 Å². The fourth-order valence-electron chi connectivity index (χ4n) is 2.14. The van der Waals surface area contributed by atoms with E-state index < -0.39 is 45.1 Å². The molecule has 0 amide bonds. The summed E-state index contributed by atoms with van der Waals surface area (Å²) >= 11 is 0. The molecule has 0 aliphatic heterocycles. The summed E-state index contributed by atoms with van der Waals surface area (Å²) in [6.45, 7) is 6.49. The summed E-state index contributed by atoms with van der Waals surface area (Å²) in [7, 11) is -1.81. The van der Waals surface area contributed by atoms with Gasteiger partial charge < -0.3 is 0 Å². The van der Waals surface area contributed by atoms with Gasteiger partial charge in [-0.15, -0.1) is 6.58 Å². The molecule has 0 aromatic heterocycles. The molecule has 9 heteroatoms. The maximum absolute atomic E-state index is 12.9. The van der Waals surface area contributed by atoms with Crippen LogP contribution in [0.15, 0.2) is 30.9 Å². The monoisotopic (exact) mass is 373 g/mol. The first-order chi connectivity index (χ1) is 10.7. The maximum Gasteiger partial charge on any atom is 0.416 e. The van der Waals surface area contributed by atoms with Crippen molar-refractivity contribution in [3.8, 4) is 0 Å². The number of hydrogen-bond donors (Lipinski definition) is 1. The first kappa shape index (κ1) is 20.7. The normalized spacial score (nSPS) is 15.9. The maximum atomic E-state index is 12.9. The van der Waals surface area contributed by atoms with Gasteiger partial charge in [-0.1, -0.05) is 6.08 Å². The van der Waals surface area contributed by atoms with E-state index in [0.29, 0.717) is 12.1 Å². The summed E-state index contributed by atoms with van der Waals surface area (Å²) in [5, 5.41) is 5.33. The average molecular weight is 373 g/mol. The Morgan fingerprint density at radius 1 is 1.08 bits per heavy atom. The Hall–Kier alpha value is -1.35. The Morgan fingerprint density at radius 2 is 1.50 bits per heavy atom. The molecule has 2 nitrogen and oxygen atoms in total. The molecule has 0 saturated heterocycles. The number of benzene rings is 1. The first-order valence-corrected chi connectivity index (χ1v) is 7.98. The number of halogens is 6. The Morgan fingerprint density at radius 3 is 1.79 bits per heavy atom. The predicted molar refractivity (Wildman–Crippen MR) is 80.4 cm³/mol. The molecule has 0 fully saturated rings. The largest absolute Gasteiger partial charge is 0.416 e. The van der Waals surface area contributed by atoms with Crippen molar-refractivity contribution in [2.24, 2.45) is 5.14 Å². The molecule has 1 rings (SSSR count). The Balaban J connectivity index is 3.44. The van der Waals surface area contributed by atoms with Crippen molar-refractivity contribution in [3.05, 3.63) is 47.5 Å². The first-order valence-electron chi connectivity index (χ1n) is 6.76. The van der Waals surface area contributed by atoms with Crippen LogP contribution in [-0.4, -0.2) is 8.96 Å². The third kappa shape index (κ3) is 5.07. The number of nitrogens with two attached hydrogens (primary N) is 1. The van der Waals surface area contributed by atoms with E-state index in [9.17, 15) is 30.6 Å². The molecule has 1 unspecified atom stereocenters. The van der Waals surface area contributed by atoms with Crippen molar-refractivity contribution in [1.82, 2.24) is 0 Å². The highest BCUT2D eigenvalue weighted by Gasteiger charge is 2.38. The average Bonchev–Trinajstić information content (AvgIpc) is 2.42. The zero-order valence-electron chi connectivity index (χ0n) is 13.0. The molecule has 0 aliphatic rings. The lowest BCUT2D eigenvalue weighted by Gasteiger charge is -2.26. The second kappa shape index (κ2) is 6.87. The van der Waals surface area contributed by atoms with Gasteiger partial charge >= 0.3 is 12.4 Å². The van der Waals surface area contributed by atoms with Gasteiger partial charge in [-0.25, -0.2) is 4.21 Å². The molecule has 2 N–H and O–H groups in total. The summed E-state index contributed by atoms with van der Waals surface area (Å²) in [5.74, 6) is -0.865. The topological polar surface area (TPSA) is 43.1 Å². The lowest BCUT2D eigenvalue weighted by atomic mass is 9.88. The molecule has 1 aromatic carbocycles. The van der Waals surface area contributed by atoms with Gasteiger partial charge in [0.15, 0.2) is 0 Å². The van der Waals surface area contributed by atoms with Gasteiger partial charge in [0, 0.05) is 5.92 Å². The van der Waals surface area contributed by atoms with Crippen molar-refractivity contribution in [3.63, 3.8) is 0 Å². The minimum absolute atomic E-state index is 0.0157. The van der Waals surface area contributed by atoms with Gasteiger partial charge in [0.1, 0.15) is 0 Å². The Labute approximate surface area is 138 Å². The van der Waals surface area contributed by atoms with Gasteiger partial charge in [-0.05, 0) is 44.0 Å². The van der Waals surface area contributed by atoms with Crippen LogP contribution in [-0.2, 0) is 23.3 Å². The zero-order valence-corrected chi connectivity index (χ0v) is 13.8. The smallest absolute Gasteiger partial charge is 0.251 e. The van der Waals surface area contributed by atoms with Gasteiger partial charge in [0.05, 0.1) is 26.9 Å². The van der Waals surface area contributed by atoms with E-state index in [4.69, 9.17) is 5.14 Å². The molecule has 136 valence electrons. The highest BCUT2D eigenvalue weighted by atomic mass is 32.2. The van der Waals surface area contributed by atoms with E-state index in [1.54, 1.807) is 0 Å². The highest BCUT2D eigenvalue weighted by molar-refractivity contribution is 7.84. The van der Waals surface area contributed by atoms with Crippen LogP contribution in [0, 0.1) is 0 Å². The SMILES string of the molecule is C=C[C@H](CC(C)(C)S(N)=O)c1cc(C(F)(F)F)cc(C(F)(F)F)c1. The highest BCUT2D eigenvalue weighted by Crippen LogP contribution is 2.39. The van der Waals surface area contributed by atoms with E-state index >= 15 is 0 Å². The minimum atomic E-state index is -4.92. The third-order valence-corrected chi connectivity index (χ3v) is 4.83. The van der Waals surface area contributed by atoms with Crippen LogP contribution in [0.3, 0.4) is 0 Å². The molecule has 2 atom stereocenters. The lowest BCUT2D eigenvalue weighted by molar-refractivity contribution is -0.143. The number of allylic oxidation sites excluding steroid dienone is 1. The van der Waals surface area contributed by atoms with Crippen molar-refractivity contribution in [2.45, 2.75) is 43.3 Å².